The highest BCUT2D eigenvalue weighted by Crippen LogP contribution is 2.03. The lowest BCUT2D eigenvalue weighted by Gasteiger charge is -1.95. The highest BCUT2D eigenvalue weighted by atomic mass is 16.4. The van der Waals surface area contributed by atoms with Crippen LogP contribution in [0, 0.1) is 0 Å². The molecule has 0 radical (unpaired) electrons. The third kappa shape index (κ3) is 2.68. The zero-order valence-corrected chi connectivity index (χ0v) is 6.97. The minimum Gasteiger partial charge on any atom is -0.478 e. The van der Waals surface area contributed by atoms with Gasteiger partial charge in [-0.05, 0) is 18.2 Å². The molecule has 0 aliphatic carbocycles. The van der Waals surface area contributed by atoms with Gasteiger partial charge in [0.25, 0.3) is 0 Å². The van der Waals surface area contributed by atoms with Crippen LogP contribution in [0.25, 0.3) is 6.08 Å². The summed E-state index contributed by atoms with van der Waals surface area (Å²) in [6, 6.07) is 2.94. The van der Waals surface area contributed by atoms with E-state index in [-0.39, 0.29) is 5.56 Å². The van der Waals surface area contributed by atoms with Gasteiger partial charge in [0.1, 0.15) is 0 Å². The molecular formula is C9H10N2O2. The standard InChI is InChI=1S/C9H10N2O2/c10-4-1-2-8-6-7(9(12)13)3-5-11-8/h1-3,5-6H,4,10H2,(H,12,13). The summed E-state index contributed by atoms with van der Waals surface area (Å²) in [5.41, 5.74) is 6.07. The molecule has 0 amide bonds. The number of carboxylic acids is 1. The van der Waals surface area contributed by atoms with Gasteiger partial charge in [-0.2, -0.15) is 0 Å². The Morgan fingerprint density at radius 1 is 1.69 bits per heavy atom. The monoisotopic (exact) mass is 178 g/mol. The number of carbonyl (C=O) groups is 1. The number of carboxylic acid groups (broad SMARTS) is 1. The van der Waals surface area contributed by atoms with Crippen LogP contribution in [0.1, 0.15) is 16.1 Å². The maximum absolute atomic E-state index is 10.6. The van der Waals surface area contributed by atoms with Gasteiger partial charge >= 0.3 is 5.97 Å². The molecule has 1 heterocycles. The second kappa shape index (κ2) is 4.37. The Morgan fingerprint density at radius 2 is 2.46 bits per heavy atom. The first-order chi connectivity index (χ1) is 6.24. The number of hydrogen-bond acceptors (Lipinski definition) is 3. The number of pyridine rings is 1. The number of hydrogen-bond donors (Lipinski definition) is 2. The first-order valence-electron chi connectivity index (χ1n) is 3.80. The van der Waals surface area contributed by atoms with Gasteiger partial charge in [-0.15, -0.1) is 0 Å². The molecule has 3 N–H and O–H groups in total. The molecule has 0 fully saturated rings. The SMILES string of the molecule is NCC=Cc1cc(C(=O)O)ccn1. The highest BCUT2D eigenvalue weighted by Gasteiger charge is 2.01. The summed E-state index contributed by atoms with van der Waals surface area (Å²) in [5, 5.41) is 8.66. The summed E-state index contributed by atoms with van der Waals surface area (Å²) in [6.07, 6.45) is 4.86. The van der Waals surface area contributed by atoms with Crippen LogP contribution in [0.2, 0.25) is 0 Å². The van der Waals surface area contributed by atoms with Gasteiger partial charge in [-0.1, -0.05) is 6.08 Å². The molecule has 0 saturated carbocycles. The van der Waals surface area contributed by atoms with Crippen molar-refractivity contribution >= 4 is 12.0 Å². The van der Waals surface area contributed by atoms with E-state index in [1.165, 1.54) is 18.3 Å². The summed E-state index contributed by atoms with van der Waals surface area (Å²) >= 11 is 0. The number of aromatic carboxylic acids is 1. The van der Waals surface area contributed by atoms with Crippen molar-refractivity contribution in [3.63, 3.8) is 0 Å². The number of nitrogens with two attached hydrogens (primary N) is 1. The molecule has 1 aromatic rings. The van der Waals surface area contributed by atoms with Gasteiger partial charge in [0.15, 0.2) is 0 Å². The zero-order valence-electron chi connectivity index (χ0n) is 6.97. The first-order valence-corrected chi connectivity index (χ1v) is 3.80. The smallest absolute Gasteiger partial charge is 0.335 e. The molecule has 0 unspecified atom stereocenters. The van der Waals surface area contributed by atoms with Crippen LogP contribution in [0.15, 0.2) is 24.4 Å². The van der Waals surface area contributed by atoms with Crippen molar-refractivity contribution in [2.24, 2.45) is 5.73 Å². The average Bonchev–Trinajstić information content (AvgIpc) is 2.15. The Balaban J connectivity index is 2.92. The normalized spacial score (nSPS) is 10.5. The van der Waals surface area contributed by atoms with Crippen LogP contribution in [-0.2, 0) is 0 Å². The van der Waals surface area contributed by atoms with Crippen LogP contribution in [0.3, 0.4) is 0 Å². The number of nitrogens with zero attached hydrogens (tertiary/aromatic N) is 1. The van der Waals surface area contributed by atoms with E-state index in [1.807, 2.05) is 0 Å². The fourth-order valence-electron chi connectivity index (χ4n) is 0.861. The Kier molecular flexibility index (Phi) is 3.16. The van der Waals surface area contributed by atoms with Crippen LogP contribution in [-0.4, -0.2) is 22.6 Å². The van der Waals surface area contributed by atoms with Gasteiger partial charge < -0.3 is 10.8 Å². The first kappa shape index (κ1) is 9.41. The van der Waals surface area contributed by atoms with Gasteiger partial charge in [0, 0.05) is 12.7 Å². The molecule has 13 heavy (non-hydrogen) atoms. The van der Waals surface area contributed by atoms with E-state index >= 15 is 0 Å². The predicted molar refractivity (Wildman–Crippen MR) is 49.3 cm³/mol. The molecule has 4 nitrogen and oxygen atoms in total. The van der Waals surface area contributed by atoms with Crippen LogP contribution in [0.4, 0.5) is 0 Å². The lowest BCUT2D eigenvalue weighted by Crippen LogP contribution is -1.97. The third-order valence-electron chi connectivity index (χ3n) is 1.45. The second-order valence-electron chi connectivity index (χ2n) is 2.41. The van der Waals surface area contributed by atoms with E-state index < -0.39 is 5.97 Å². The molecule has 4 heteroatoms. The number of rotatable bonds is 3. The summed E-state index contributed by atoms with van der Waals surface area (Å²) in [7, 11) is 0. The fourth-order valence-corrected chi connectivity index (χ4v) is 0.861. The van der Waals surface area contributed by atoms with Crippen molar-refractivity contribution in [2.75, 3.05) is 6.54 Å². The second-order valence-corrected chi connectivity index (χ2v) is 2.41. The largest absolute Gasteiger partial charge is 0.478 e. The summed E-state index contributed by atoms with van der Waals surface area (Å²) in [4.78, 5) is 14.5. The van der Waals surface area contributed by atoms with Crippen molar-refractivity contribution in [2.45, 2.75) is 0 Å². The Labute approximate surface area is 75.7 Å². The summed E-state index contributed by atoms with van der Waals surface area (Å²) in [6.45, 7) is 0.416. The van der Waals surface area contributed by atoms with Crippen molar-refractivity contribution < 1.29 is 9.90 Å². The van der Waals surface area contributed by atoms with Crippen LogP contribution in [0.5, 0.6) is 0 Å². The van der Waals surface area contributed by atoms with Crippen molar-refractivity contribution in [3.05, 3.63) is 35.7 Å². The van der Waals surface area contributed by atoms with Crippen LogP contribution >= 0.6 is 0 Å². The van der Waals surface area contributed by atoms with Crippen molar-refractivity contribution in [1.29, 1.82) is 0 Å². The quantitative estimate of drug-likeness (QED) is 0.716. The van der Waals surface area contributed by atoms with Gasteiger partial charge in [-0.3, -0.25) is 4.98 Å². The van der Waals surface area contributed by atoms with Gasteiger partial charge in [0.05, 0.1) is 11.3 Å². The summed E-state index contributed by atoms with van der Waals surface area (Å²) < 4.78 is 0. The number of aromatic nitrogens is 1. The van der Waals surface area contributed by atoms with Crippen molar-refractivity contribution in [3.8, 4) is 0 Å². The lowest BCUT2D eigenvalue weighted by molar-refractivity contribution is 0.0696. The van der Waals surface area contributed by atoms with E-state index in [9.17, 15) is 4.79 Å². The van der Waals surface area contributed by atoms with E-state index in [0.29, 0.717) is 12.2 Å². The molecule has 0 bridgehead atoms. The Bertz CT molecular complexity index is 334. The summed E-state index contributed by atoms with van der Waals surface area (Å²) in [5.74, 6) is -0.954. The fraction of sp³-hybridized carbons (Fsp3) is 0.111. The minimum absolute atomic E-state index is 0.228. The van der Waals surface area contributed by atoms with E-state index in [4.69, 9.17) is 10.8 Å². The molecule has 0 spiro atoms. The lowest BCUT2D eigenvalue weighted by atomic mass is 10.2. The molecule has 1 rings (SSSR count). The van der Waals surface area contributed by atoms with Gasteiger partial charge in [0.2, 0.25) is 0 Å². The molecular weight excluding hydrogens is 168 g/mol. The zero-order chi connectivity index (χ0) is 9.68. The Morgan fingerprint density at radius 3 is 3.08 bits per heavy atom. The molecule has 0 atom stereocenters. The topological polar surface area (TPSA) is 76.2 Å². The average molecular weight is 178 g/mol. The molecule has 0 aliphatic rings. The molecule has 68 valence electrons. The highest BCUT2D eigenvalue weighted by molar-refractivity contribution is 5.87. The maximum atomic E-state index is 10.6. The predicted octanol–water partition coefficient (Wildman–Crippen LogP) is 0.752. The molecule has 0 saturated heterocycles. The molecule has 1 aromatic heterocycles. The maximum Gasteiger partial charge on any atom is 0.335 e. The van der Waals surface area contributed by atoms with E-state index in [0.717, 1.165) is 0 Å². The van der Waals surface area contributed by atoms with Crippen molar-refractivity contribution in [1.82, 2.24) is 4.98 Å². The molecule has 0 aliphatic heterocycles. The van der Waals surface area contributed by atoms with Crippen LogP contribution < -0.4 is 5.73 Å². The minimum atomic E-state index is -0.954. The molecule has 0 aromatic carbocycles. The van der Waals surface area contributed by atoms with Gasteiger partial charge in [-0.25, -0.2) is 4.79 Å². The Hall–Kier alpha value is -1.68. The van der Waals surface area contributed by atoms with E-state index in [1.54, 1.807) is 12.2 Å². The van der Waals surface area contributed by atoms with E-state index in [2.05, 4.69) is 4.98 Å². The third-order valence-corrected chi connectivity index (χ3v) is 1.45.